The lowest BCUT2D eigenvalue weighted by Gasteiger charge is -2.26. The molecule has 0 spiro atoms. The number of nitrogens with zero attached hydrogens (tertiary/aromatic N) is 2. The summed E-state index contributed by atoms with van der Waals surface area (Å²) in [5.41, 5.74) is -12.4. The van der Waals surface area contributed by atoms with Crippen LogP contribution in [0.15, 0.2) is 0 Å². The Balaban J connectivity index is 0.000000496. The summed E-state index contributed by atoms with van der Waals surface area (Å²) in [6.07, 6.45) is 2.37. The molecular formula is C9H14F6N2O6S2. The highest BCUT2D eigenvalue weighted by Crippen LogP contribution is 2.36. The van der Waals surface area contributed by atoms with Crippen molar-refractivity contribution in [1.82, 2.24) is 0 Å². The molecule has 1 rings (SSSR count). The summed E-state index contributed by atoms with van der Waals surface area (Å²) in [5.74, 6) is -0.676. The number of sulfonamides is 2. The van der Waals surface area contributed by atoms with Gasteiger partial charge in [-0.2, -0.15) is 26.3 Å². The van der Waals surface area contributed by atoms with Crippen LogP contribution in [0.1, 0.15) is 12.8 Å². The lowest BCUT2D eigenvalue weighted by atomic mass is 10.4. The van der Waals surface area contributed by atoms with Gasteiger partial charge in [0, 0.05) is 12.8 Å². The maximum Gasteiger partial charge on any atom is 0.480 e. The van der Waals surface area contributed by atoms with Gasteiger partial charge in [-0.1, -0.05) is 0 Å². The quantitative estimate of drug-likeness (QED) is 0.538. The summed E-state index contributed by atoms with van der Waals surface area (Å²) in [6.45, 7) is 2.36. The molecule has 0 unspecified atom stereocenters. The normalized spacial score (nSPS) is 18.4. The Labute approximate surface area is 139 Å². The van der Waals surface area contributed by atoms with Gasteiger partial charge in [0.05, 0.1) is 20.1 Å². The number of hydrogen-bond acceptors (Lipinski definition) is 5. The number of rotatable bonds is 4. The molecule has 0 amide bonds. The molecule has 8 nitrogen and oxygen atoms in total. The molecule has 16 heteroatoms. The highest BCUT2D eigenvalue weighted by atomic mass is 32.3. The zero-order valence-corrected chi connectivity index (χ0v) is 14.1. The van der Waals surface area contributed by atoms with Crippen LogP contribution in [0.5, 0.6) is 0 Å². The van der Waals surface area contributed by atoms with Gasteiger partial charge in [-0.25, -0.2) is 21.6 Å². The molecule has 0 aromatic heterocycles. The van der Waals surface area contributed by atoms with E-state index in [1.54, 1.807) is 0 Å². The van der Waals surface area contributed by atoms with Gasteiger partial charge in [-0.3, -0.25) is 0 Å². The molecule has 1 aliphatic heterocycles. The minimum Gasteiger partial charge on any atom is -0.477 e. The molecule has 0 atom stereocenters. The highest BCUT2D eigenvalue weighted by molar-refractivity contribution is 8.13. The first-order valence-corrected chi connectivity index (χ1v) is 9.13. The summed E-state index contributed by atoms with van der Waals surface area (Å²) in [7, 11) is -11.4. The highest BCUT2D eigenvalue weighted by Gasteiger charge is 2.46. The summed E-state index contributed by atoms with van der Waals surface area (Å²) < 4.78 is 110. The molecule has 0 bridgehead atoms. The average Bonchev–Trinajstić information content (AvgIpc) is 2.70. The van der Waals surface area contributed by atoms with Gasteiger partial charge in [-0.05, 0) is 0 Å². The van der Waals surface area contributed by atoms with E-state index in [2.05, 4.69) is 0 Å². The maximum absolute atomic E-state index is 11.4. The second-order valence-corrected chi connectivity index (χ2v) is 8.66. The van der Waals surface area contributed by atoms with E-state index in [-0.39, 0.29) is 0 Å². The molecule has 0 aromatic rings. The molecule has 1 heterocycles. The fourth-order valence-electron chi connectivity index (χ4n) is 1.80. The molecule has 1 aliphatic rings. The third kappa shape index (κ3) is 7.33. The minimum atomic E-state index is -6.72. The number of likely N-dealkylation sites (N-methyl/N-ethyl adjacent to an activating group) is 1. The number of quaternary nitrogens is 1. The number of aliphatic carboxylic acids is 1. The van der Waals surface area contributed by atoms with E-state index in [0.717, 1.165) is 21.7 Å². The van der Waals surface area contributed by atoms with Crippen molar-refractivity contribution >= 4 is 26.0 Å². The predicted octanol–water partition coefficient (Wildman–Crippen LogP) is 1.37. The molecule has 0 radical (unpaired) electrons. The molecular weight excluding hydrogens is 410 g/mol. The topological polar surface area (TPSA) is 120 Å². The van der Waals surface area contributed by atoms with Gasteiger partial charge in [0.1, 0.15) is 0 Å². The van der Waals surface area contributed by atoms with Crippen LogP contribution < -0.4 is 0 Å². The second kappa shape index (κ2) is 7.63. The largest absolute Gasteiger partial charge is 0.480 e. The lowest BCUT2D eigenvalue weighted by molar-refractivity contribution is -0.890. The summed E-state index contributed by atoms with van der Waals surface area (Å²) >= 11 is 0. The molecule has 1 N–H and O–H groups in total. The first kappa shape index (κ1) is 23.9. The van der Waals surface area contributed by atoms with Crippen LogP contribution in [0.2, 0.25) is 0 Å². The van der Waals surface area contributed by atoms with E-state index >= 15 is 0 Å². The Hall–Kier alpha value is -1.13. The van der Waals surface area contributed by atoms with E-state index < -0.39 is 37.0 Å². The first-order chi connectivity index (χ1) is 10.8. The van der Waals surface area contributed by atoms with Crippen molar-refractivity contribution in [2.45, 2.75) is 23.9 Å². The lowest BCUT2D eigenvalue weighted by Crippen LogP contribution is -2.44. The summed E-state index contributed by atoms with van der Waals surface area (Å²) in [6, 6.07) is 0. The van der Waals surface area contributed by atoms with Crippen LogP contribution >= 0.6 is 0 Å². The van der Waals surface area contributed by atoms with E-state index in [1.165, 1.54) is 12.8 Å². The Morgan fingerprint density at radius 2 is 1.28 bits per heavy atom. The molecule has 0 aromatic carbocycles. The van der Waals surface area contributed by atoms with Crippen molar-refractivity contribution in [3.8, 4) is 0 Å². The fraction of sp³-hybridized carbons (Fsp3) is 0.889. The SMILES string of the molecule is C[N+]1(CC(=O)O)CCCC1.O=S(=O)([N-]S(=O)(=O)C(F)(F)F)C(F)(F)F. The summed E-state index contributed by atoms with van der Waals surface area (Å²) in [5, 5.41) is 8.52. The number of hydrogen-bond donors (Lipinski definition) is 1. The van der Waals surface area contributed by atoms with Crippen molar-refractivity contribution in [2.75, 3.05) is 26.7 Å². The van der Waals surface area contributed by atoms with Crippen LogP contribution in [-0.4, -0.2) is 70.1 Å². The van der Waals surface area contributed by atoms with Gasteiger partial charge in [0.25, 0.3) is 0 Å². The number of carboxylic acids is 1. The predicted molar refractivity (Wildman–Crippen MR) is 71.0 cm³/mol. The molecule has 0 saturated carbocycles. The number of halogens is 6. The first-order valence-electron chi connectivity index (χ1n) is 6.25. The smallest absolute Gasteiger partial charge is 0.477 e. The zero-order chi connectivity index (χ0) is 20.3. The number of likely N-dealkylation sites (tertiary alicyclic amines) is 1. The van der Waals surface area contributed by atoms with Crippen molar-refractivity contribution < 1.29 is 57.6 Å². The zero-order valence-electron chi connectivity index (χ0n) is 12.5. The van der Waals surface area contributed by atoms with Crippen LogP contribution in [0.3, 0.4) is 0 Å². The molecule has 0 aliphatic carbocycles. The van der Waals surface area contributed by atoms with E-state index in [0.29, 0.717) is 6.54 Å². The minimum absolute atomic E-state index is 0.292. The van der Waals surface area contributed by atoms with Crippen molar-refractivity contribution in [3.63, 3.8) is 0 Å². The molecule has 25 heavy (non-hydrogen) atoms. The van der Waals surface area contributed by atoms with Crippen molar-refractivity contribution in [3.05, 3.63) is 4.13 Å². The van der Waals surface area contributed by atoms with E-state index in [1.807, 2.05) is 7.05 Å². The van der Waals surface area contributed by atoms with Crippen molar-refractivity contribution in [2.24, 2.45) is 0 Å². The standard InChI is InChI=1S/C7H13NO2.C2F6NO4S2/c1-8(6-7(9)10)4-2-3-5-8;3-1(4,5)14(10,11)9-15(12,13)2(6,7)8/h2-6H2,1H3;/q;-1/p+1. The van der Waals surface area contributed by atoms with Gasteiger partial charge >= 0.3 is 17.0 Å². The number of alkyl halides is 6. The maximum atomic E-state index is 11.4. The van der Waals surface area contributed by atoms with Gasteiger partial charge in [0.15, 0.2) is 26.6 Å². The van der Waals surface area contributed by atoms with Crippen LogP contribution in [0.4, 0.5) is 26.3 Å². The third-order valence-electron chi connectivity index (χ3n) is 2.94. The van der Waals surface area contributed by atoms with E-state index in [9.17, 15) is 48.0 Å². The second-order valence-electron chi connectivity index (χ2n) is 5.24. The fourth-order valence-corrected chi connectivity index (χ4v) is 3.51. The van der Waals surface area contributed by atoms with E-state index in [4.69, 9.17) is 5.11 Å². The van der Waals surface area contributed by atoms with Crippen LogP contribution in [0, 0.1) is 0 Å². The average molecular weight is 424 g/mol. The van der Waals surface area contributed by atoms with Gasteiger partial charge < -0.3 is 13.7 Å². The molecule has 150 valence electrons. The van der Waals surface area contributed by atoms with Crippen LogP contribution in [-0.2, 0) is 24.8 Å². The summed E-state index contributed by atoms with van der Waals surface area (Å²) in [4.78, 5) is 10.3. The molecule has 1 saturated heterocycles. The van der Waals surface area contributed by atoms with Crippen molar-refractivity contribution in [1.29, 1.82) is 0 Å². The Morgan fingerprint density at radius 3 is 1.52 bits per heavy atom. The number of carboxylic acid groups (broad SMARTS) is 1. The number of carbonyl (C=O) groups is 1. The van der Waals surface area contributed by atoms with Gasteiger partial charge in [0.2, 0.25) is 0 Å². The van der Waals surface area contributed by atoms with Gasteiger partial charge in [-0.15, -0.1) is 0 Å². The third-order valence-corrected chi connectivity index (χ3v) is 5.68. The van der Waals surface area contributed by atoms with Crippen LogP contribution in [0.25, 0.3) is 4.13 Å². The molecule has 1 fully saturated rings. The Bertz CT molecular complexity index is 636. The Kier molecular flexibility index (Phi) is 7.28. The monoisotopic (exact) mass is 424 g/mol. The Morgan fingerprint density at radius 1 is 0.960 bits per heavy atom.